The van der Waals surface area contributed by atoms with E-state index in [1.165, 1.54) is 5.56 Å². The number of phenolic OH excluding ortho intramolecular Hbond substituents is 1. The van der Waals surface area contributed by atoms with E-state index in [2.05, 4.69) is 17.4 Å². The molecular formula is C16H19NO2. The summed E-state index contributed by atoms with van der Waals surface area (Å²) in [4.78, 5) is 0. The van der Waals surface area contributed by atoms with E-state index in [9.17, 15) is 5.11 Å². The zero-order valence-corrected chi connectivity index (χ0v) is 11.1. The Labute approximate surface area is 113 Å². The van der Waals surface area contributed by atoms with Crippen LogP contribution >= 0.6 is 0 Å². The molecule has 0 fully saturated rings. The molecule has 100 valence electrons. The topological polar surface area (TPSA) is 41.5 Å². The van der Waals surface area contributed by atoms with Crippen molar-refractivity contribution in [2.24, 2.45) is 0 Å². The maximum Gasteiger partial charge on any atom is 0.162 e. The molecule has 0 bridgehead atoms. The van der Waals surface area contributed by atoms with Gasteiger partial charge in [-0.1, -0.05) is 42.5 Å². The summed E-state index contributed by atoms with van der Waals surface area (Å²) in [5, 5.41) is 13.4. The Balaban J connectivity index is 1.94. The largest absolute Gasteiger partial charge is 0.504 e. The van der Waals surface area contributed by atoms with E-state index in [0.717, 1.165) is 12.1 Å². The van der Waals surface area contributed by atoms with Crippen LogP contribution in [0, 0.1) is 0 Å². The number of phenols is 1. The second kappa shape index (κ2) is 6.81. The van der Waals surface area contributed by atoms with Gasteiger partial charge in [0, 0.05) is 18.7 Å². The molecule has 0 aromatic heterocycles. The Morgan fingerprint density at radius 2 is 1.79 bits per heavy atom. The molecule has 2 aromatic rings. The number of para-hydroxylation sites is 1. The molecule has 19 heavy (non-hydrogen) atoms. The van der Waals surface area contributed by atoms with Crippen LogP contribution in [-0.4, -0.2) is 11.7 Å². The lowest BCUT2D eigenvalue weighted by Crippen LogP contribution is -2.12. The van der Waals surface area contributed by atoms with Crippen molar-refractivity contribution in [3.63, 3.8) is 0 Å². The van der Waals surface area contributed by atoms with Crippen LogP contribution < -0.4 is 10.1 Å². The molecule has 2 aromatic carbocycles. The number of rotatable bonds is 6. The highest BCUT2D eigenvalue weighted by atomic mass is 16.5. The lowest BCUT2D eigenvalue weighted by atomic mass is 10.1. The fourth-order valence-corrected chi connectivity index (χ4v) is 1.92. The van der Waals surface area contributed by atoms with E-state index in [-0.39, 0.29) is 5.75 Å². The summed E-state index contributed by atoms with van der Waals surface area (Å²) >= 11 is 0. The van der Waals surface area contributed by atoms with Gasteiger partial charge in [0.25, 0.3) is 0 Å². The molecule has 0 unspecified atom stereocenters. The zero-order chi connectivity index (χ0) is 13.5. The number of ether oxygens (including phenoxy) is 1. The van der Waals surface area contributed by atoms with Gasteiger partial charge in [0.2, 0.25) is 0 Å². The van der Waals surface area contributed by atoms with E-state index in [1.54, 1.807) is 6.07 Å². The predicted molar refractivity (Wildman–Crippen MR) is 76.3 cm³/mol. The van der Waals surface area contributed by atoms with Crippen LogP contribution in [0.2, 0.25) is 0 Å². The highest BCUT2D eigenvalue weighted by molar-refractivity contribution is 5.45. The van der Waals surface area contributed by atoms with Gasteiger partial charge in [0.05, 0.1) is 6.61 Å². The molecule has 2 N–H and O–H groups in total. The van der Waals surface area contributed by atoms with Gasteiger partial charge in [0.1, 0.15) is 0 Å². The minimum absolute atomic E-state index is 0.227. The molecule has 0 heterocycles. The van der Waals surface area contributed by atoms with Crippen molar-refractivity contribution in [1.82, 2.24) is 5.32 Å². The van der Waals surface area contributed by atoms with Crippen molar-refractivity contribution in [3.05, 3.63) is 59.7 Å². The molecule has 3 heteroatoms. The number of aromatic hydroxyl groups is 1. The number of benzene rings is 2. The van der Waals surface area contributed by atoms with Crippen LogP contribution in [0.5, 0.6) is 11.5 Å². The first-order valence-electron chi connectivity index (χ1n) is 6.49. The van der Waals surface area contributed by atoms with Gasteiger partial charge in [-0.3, -0.25) is 0 Å². The first-order valence-corrected chi connectivity index (χ1v) is 6.49. The molecular weight excluding hydrogens is 238 g/mol. The lowest BCUT2D eigenvalue weighted by Gasteiger charge is -2.11. The van der Waals surface area contributed by atoms with Gasteiger partial charge in [-0.25, -0.2) is 0 Å². The van der Waals surface area contributed by atoms with Crippen LogP contribution in [0.4, 0.5) is 0 Å². The Morgan fingerprint density at radius 1 is 1.00 bits per heavy atom. The second-order valence-electron chi connectivity index (χ2n) is 4.29. The highest BCUT2D eigenvalue weighted by Gasteiger charge is 2.07. The third-order valence-electron chi connectivity index (χ3n) is 2.87. The molecule has 0 spiro atoms. The second-order valence-corrected chi connectivity index (χ2v) is 4.29. The van der Waals surface area contributed by atoms with E-state index >= 15 is 0 Å². The van der Waals surface area contributed by atoms with Crippen molar-refractivity contribution in [2.45, 2.75) is 20.0 Å². The Hall–Kier alpha value is -2.00. The Kier molecular flexibility index (Phi) is 4.81. The van der Waals surface area contributed by atoms with Gasteiger partial charge >= 0.3 is 0 Å². The van der Waals surface area contributed by atoms with Gasteiger partial charge in [-0.15, -0.1) is 0 Å². The number of nitrogens with one attached hydrogen (secondary N) is 1. The molecule has 0 atom stereocenters. The molecule has 3 nitrogen and oxygen atoms in total. The SMILES string of the molecule is CCOc1cccc(CNCc2ccccc2)c1O. The van der Waals surface area contributed by atoms with Crippen LogP contribution in [0.15, 0.2) is 48.5 Å². The maximum atomic E-state index is 10.1. The van der Waals surface area contributed by atoms with Crippen molar-refractivity contribution in [1.29, 1.82) is 0 Å². The van der Waals surface area contributed by atoms with Crippen LogP contribution in [-0.2, 0) is 13.1 Å². The van der Waals surface area contributed by atoms with Crippen LogP contribution in [0.1, 0.15) is 18.1 Å². The summed E-state index contributed by atoms with van der Waals surface area (Å²) in [7, 11) is 0. The molecule has 0 radical (unpaired) electrons. The van der Waals surface area contributed by atoms with Gasteiger partial charge < -0.3 is 15.2 Å². The monoisotopic (exact) mass is 257 g/mol. The first kappa shape index (κ1) is 13.4. The molecule has 0 saturated heterocycles. The molecule has 0 aliphatic carbocycles. The lowest BCUT2D eigenvalue weighted by molar-refractivity contribution is 0.316. The van der Waals surface area contributed by atoms with Gasteiger partial charge in [-0.05, 0) is 18.6 Å². The third-order valence-corrected chi connectivity index (χ3v) is 2.87. The average Bonchev–Trinajstić information content (AvgIpc) is 2.44. The molecule has 0 saturated carbocycles. The highest BCUT2D eigenvalue weighted by Crippen LogP contribution is 2.29. The summed E-state index contributed by atoms with van der Waals surface area (Å²) in [5.74, 6) is 0.770. The van der Waals surface area contributed by atoms with Crippen LogP contribution in [0.3, 0.4) is 0 Å². The molecule has 0 aliphatic rings. The van der Waals surface area contributed by atoms with Crippen LogP contribution in [0.25, 0.3) is 0 Å². The fraction of sp³-hybridized carbons (Fsp3) is 0.250. The quantitative estimate of drug-likeness (QED) is 0.835. The third kappa shape index (κ3) is 3.73. The van der Waals surface area contributed by atoms with Crippen molar-refractivity contribution in [3.8, 4) is 11.5 Å². The van der Waals surface area contributed by atoms with Gasteiger partial charge in [0.15, 0.2) is 11.5 Å². The van der Waals surface area contributed by atoms with Crippen molar-refractivity contribution in [2.75, 3.05) is 6.61 Å². The van der Waals surface area contributed by atoms with E-state index in [0.29, 0.717) is 18.9 Å². The predicted octanol–water partition coefficient (Wildman–Crippen LogP) is 3.08. The van der Waals surface area contributed by atoms with E-state index in [1.807, 2.05) is 37.3 Å². The molecule has 0 amide bonds. The molecule has 0 aliphatic heterocycles. The minimum atomic E-state index is 0.227. The fourth-order valence-electron chi connectivity index (χ4n) is 1.92. The summed E-state index contributed by atoms with van der Waals surface area (Å²) in [6.07, 6.45) is 0. The van der Waals surface area contributed by atoms with E-state index < -0.39 is 0 Å². The molecule has 2 rings (SSSR count). The van der Waals surface area contributed by atoms with Crippen molar-refractivity contribution < 1.29 is 9.84 Å². The summed E-state index contributed by atoms with van der Waals surface area (Å²) in [6.45, 7) is 3.84. The summed E-state index contributed by atoms with van der Waals surface area (Å²) in [6, 6.07) is 15.8. The average molecular weight is 257 g/mol. The first-order chi connectivity index (χ1) is 9.31. The summed E-state index contributed by atoms with van der Waals surface area (Å²) in [5.41, 5.74) is 2.07. The smallest absolute Gasteiger partial charge is 0.162 e. The minimum Gasteiger partial charge on any atom is -0.504 e. The standard InChI is InChI=1S/C16H19NO2/c1-2-19-15-10-6-9-14(16(15)18)12-17-11-13-7-4-3-5-8-13/h3-10,17-18H,2,11-12H2,1H3. The van der Waals surface area contributed by atoms with Gasteiger partial charge in [-0.2, -0.15) is 0 Å². The summed E-state index contributed by atoms with van der Waals surface area (Å²) < 4.78 is 5.36. The number of hydrogen-bond donors (Lipinski definition) is 2. The Bertz CT molecular complexity index is 511. The van der Waals surface area contributed by atoms with Crippen molar-refractivity contribution >= 4 is 0 Å². The zero-order valence-electron chi connectivity index (χ0n) is 11.1. The van der Waals surface area contributed by atoms with E-state index in [4.69, 9.17) is 4.74 Å². The Morgan fingerprint density at radius 3 is 2.53 bits per heavy atom. The normalized spacial score (nSPS) is 10.4. The number of hydrogen-bond acceptors (Lipinski definition) is 3. The maximum absolute atomic E-state index is 10.1.